The van der Waals surface area contributed by atoms with E-state index in [2.05, 4.69) is 16.7 Å². The summed E-state index contributed by atoms with van der Waals surface area (Å²) in [6, 6.07) is 20.5. The van der Waals surface area contributed by atoms with Crippen LogP contribution in [-0.4, -0.2) is 49.4 Å². The normalized spacial score (nSPS) is 15.8. The Bertz CT molecular complexity index is 1760. The number of thiazole rings is 1. The van der Waals surface area contributed by atoms with E-state index in [-0.39, 0.29) is 23.8 Å². The summed E-state index contributed by atoms with van der Waals surface area (Å²) in [6.45, 7) is 6.32. The third kappa shape index (κ3) is 10.5. The SMILES string of the molecule is C=CC(=O)OCCCCCCOc1ccc(OC(=O)C2CCC(C(=O)Oc3ccc(C)c(/C=N/N(C)c4nc5ccccc5s4)c3)CC2)cc1. The molecule has 1 saturated carbocycles. The van der Waals surface area contributed by atoms with Crippen LogP contribution in [0.1, 0.15) is 62.5 Å². The van der Waals surface area contributed by atoms with Crippen molar-refractivity contribution in [2.24, 2.45) is 16.9 Å². The molecule has 10 nitrogen and oxygen atoms in total. The average molecular weight is 698 g/mol. The van der Waals surface area contributed by atoms with E-state index < -0.39 is 5.97 Å². The van der Waals surface area contributed by atoms with Crippen molar-refractivity contribution >= 4 is 50.8 Å². The van der Waals surface area contributed by atoms with Crippen LogP contribution in [0, 0.1) is 18.8 Å². The first-order valence-electron chi connectivity index (χ1n) is 17.0. The van der Waals surface area contributed by atoms with Gasteiger partial charge in [-0.2, -0.15) is 5.10 Å². The highest BCUT2D eigenvalue weighted by Crippen LogP contribution is 2.32. The molecule has 0 atom stereocenters. The highest BCUT2D eigenvalue weighted by atomic mass is 32.1. The van der Waals surface area contributed by atoms with Crippen molar-refractivity contribution in [3.05, 3.63) is 90.5 Å². The van der Waals surface area contributed by atoms with Crippen LogP contribution < -0.4 is 19.2 Å². The summed E-state index contributed by atoms with van der Waals surface area (Å²) in [5.41, 5.74) is 2.78. The first-order chi connectivity index (χ1) is 24.3. The predicted octanol–water partition coefficient (Wildman–Crippen LogP) is 8.06. The number of carbonyl (C=O) groups is 3. The zero-order valence-corrected chi connectivity index (χ0v) is 29.4. The number of anilines is 1. The molecule has 4 aromatic rings. The summed E-state index contributed by atoms with van der Waals surface area (Å²) >= 11 is 1.57. The quantitative estimate of drug-likeness (QED) is 0.0286. The number of hydrazone groups is 1. The van der Waals surface area contributed by atoms with E-state index in [1.165, 1.54) is 0 Å². The number of nitrogens with zero attached hydrogens (tertiary/aromatic N) is 3. The number of benzene rings is 3. The van der Waals surface area contributed by atoms with Gasteiger partial charge in [-0.15, -0.1) is 0 Å². The van der Waals surface area contributed by atoms with Gasteiger partial charge in [-0.25, -0.2) is 14.8 Å². The summed E-state index contributed by atoms with van der Waals surface area (Å²) in [7, 11) is 1.85. The Morgan fingerprint density at radius 3 is 2.16 bits per heavy atom. The smallest absolute Gasteiger partial charge is 0.330 e. The number of unbranched alkanes of at least 4 members (excludes halogenated alkanes) is 3. The summed E-state index contributed by atoms with van der Waals surface area (Å²) in [6.07, 6.45) is 8.73. The maximum atomic E-state index is 13.1. The molecule has 0 amide bonds. The summed E-state index contributed by atoms with van der Waals surface area (Å²) < 4.78 is 23.3. The molecule has 3 aromatic carbocycles. The van der Waals surface area contributed by atoms with Gasteiger partial charge in [-0.05, 0) is 112 Å². The minimum absolute atomic E-state index is 0.273. The molecule has 0 radical (unpaired) electrons. The van der Waals surface area contributed by atoms with E-state index in [1.54, 1.807) is 52.9 Å². The van der Waals surface area contributed by atoms with Crippen molar-refractivity contribution in [1.82, 2.24) is 4.98 Å². The van der Waals surface area contributed by atoms with Crippen molar-refractivity contribution in [3.63, 3.8) is 0 Å². The zero-order valence-electron chi connectivity index (χ0n) is 28.5. The first-order valence-corrected chi connectivity index (χ1v) is 17.8. The molecule has 50 heavy (non-hydrogen) atoms. The topological polar surface area (TPSA) is 117 Å². The van der Waals surface area contributed by atoms with Crippen LogP contribution in [-0.2, 0) is 19.1 Å². The maximum Gasteiger partial charge on any atom is 0.330 e. The molecule has 11 heteroatoms. The molecule has 0 aliphatic heterocycles. The van der Waals surface area contributed by atoms with E-state index in [0.717, 1.165) is 58.2 Å². The molecule has 1 aliphatic carbocycles. The van der Waals surface area contributed by atoms with Gasteiger partial charge in [0.05, 0.1) is 41.5 Å². The van der Waals surface area contributed by atoms with Crippen LogP contribution in [0.5, 0.6) is 17.2 Å². The van der Waals surface area contributed by atoms with Crippen LogP contribution in [0.15, 0.2) is 84.5 Å². The summed E-state index contributed by atoms with van der Waals surface area (Å²) in [5, 5.41) is 7.09. The van der Waals surface area contributed by atoms with Gasteiger partial charge in [-0.1, -0.05) is 36.1 Å². The molecule has 0 bridgehead atoms. The molecule has 0 N–H and O–H groups in total. The van der Waals surface area contributed by atoms with Crippen molar-refractivity contribution in [3.8, 4) is 17.2 Å². The van der Waals surface area contributed by atoms with E-state index in [4.69, 9.17) is 18.9 Å². The maximum absolute atomic E-state index is 13.1. The van der Waals surface area contributed by atoms with Gasteiger partial charge in [0.25, 0.3) is 0 Å². The summed E-state index contributed by atoms with van der Waals surface area (Å²) in [5.74, 6) is 0.0921. The van der Waals surface area contributed by atoms with E-state index in [0.29, 0.717) is 56.1 Å². The predicted molar refractivity (Wildman–Crippen MR) is 195 cm³/mol. The van der Waals surface area contributed by atoms with Gasteiger partial charge in [0.15, 0.2) is 0 Å². The van der Waals surface area contributed by atoms with Gasteiger partial charge in [0.1, 0.15) is 17.2 Å². The molecule has 0 unspecified atom stereocenters. The Balaban J connectivity index is 1.01. The molecular weight excluding hydrogens is 655 g/mol. The number of fused-ring (bicyclic) bond motifs is 1. The highest BCUT2D eigenvalue weighted by molar-refractivity contribution is 7.22. The number of ether oxygens (including phenoxy) is 4. The Labute approximate surface area is 296 Å². The fourth-order valence-electron chi connectivity index (χ4n) is 5.56. The zero-order chi connectivity index (χ0) is 35.3. The number of hydrogen-bond acceptors (Lipinski definition) is 11. The molecule has 1 aromatic heterocycles. The van der Waals surface area contributed by atoms with E-state index in [9.17, 15) is 14.4 Å². The Morgan fingerprint density at radius 2 is 1.48 bits per heavy atom. The van der Waals surface area contributed by atoms with Crippen molar-refractivity contribution in [2.75, 3.05) is 25.3 Å². The fourth-order valence-corrected chi connectivity index (χ4v) is 6.45. The van der Waals surface area contributed by atoms with Crippen molar-refractivity contribution in [1.29, 1.82) is 0 Å². The third-order valence-electron chi connectivity index (χ3n) is 8.55. The lowest BCUT2D eigenvalue weighted by Crippen LogP contribution is -2.30. The molecule has 1 heterocycles. The number of para-hydroxylation sites is 1. The van der Waals surface area contributed by atoms with Gasteiger partial charge >= 0.3 is 17.9 Å². The minimum atomic E-state index is -0.394. The van der Waals surface area contributed by atoms with Crippen molar-refractivity contribution < 1.29 is 33.3 Å². The van der Waals surface area contributed by atoms with E-state index in [1.807, 2.05) is 50.4 Å². The van der Waals surface area contributed by atoms with Crippen LogP contribution in [0.3, 0.4) is 0 Å². The van der Waals surface area contributed by atoms with Gasteiger partial charge in [-0.3, -0.25) is 9.59 Å². The molecule has 5 rings (SSSR count). The monoisotopic (exact) mass is 697 g/mol. The molecule has 1 aliphatic rings. The van der Waals surface area contributed by atoms with Gasteiger partial charge < -0.3 is 18.9 Å². The lowest BCUT2D eigenvalue weighted by atomic mass is 9.82. The second-order valence-electron chi connectivity index (χ2n) is 12.2. The lowest BCUT2D eigenvalue weighted by Gasteiger charge is -2.25. The van der Waals surface area contributed by atoms with Gasteiger partial charge in [0, 0.05) is 18.7 Å². The van der Waals surface area contributed by atoms with Crippen LogP contribution in [0.4, 0.5) is 5.13 Å². The minimum Gasteiger partial charge on any atom is -0.494 e. The number of esters is 3. The summed E-state index contributed by atoms with van der Waals surface area (Å²) in [4.78, 5) is 41.6. The number of aromatic nitrogens is 1. The second kappa shape index (κ2) is 18.1. The fraction of sp³-hybridized carbons (Fsp3) is 0.359. The second-order valence-corrected chi connectivity index (χ2v) is 13.3. The largest absolute Gasteiger partial charge is 0.494 e. The molecule has 0 saturated heterocycles. The lowest BCUT2D eigenvalue weighted by molar-refractivity contribution is -0.145. The van der Waals surface area contributed by atoms with Crippen LogP contribution in [0.2, 0.25) is 0 Å². The third-order valence-corrected chi connectivity index (χ3v) is 9.66. The first kappa shape index (κ1) is 36.3. The molecule has 1 fully saturated rings. The van der Waals surface area contributed by atoms with Crippen molar-refractivity contribution in [2.45, 2.75) is 58.3 Å². The average Bonchev–Trinajstić information content (AvgIpc) is 3.58. The molecular formula is C39H43N3O7S. The highest BCUT2D eigenvalue weighted by Gasteiger charge is 2.32. The standard InChI is InChI=1S/C39H43N3O7S/c1-4-36(43)47-24-10-6-5-9-23-46-31-19-21-32(22-20-31)48-37(44)28-14-16-29(17-15-28)38(45)49-33-18-13-27(2)30(25-33)26-40-42(3)39-41-34-11-7-8-12-35(34)50-39/h4,7-8,11-13,18-22,25-26,28-29H,1,5-6,9-10,14-17,23-24H2,2-3H3/b40-26+. The van der Waals surface area contributed by atoms with E-state index >= 15 is 0 Å². The Morgan fingerprint density at radius 1 is 0.860 bits per heavy atom. The number of carbonyl (C=O) groups excluding carboxylic acids is 3. The molecule has 0 spiro atoms. The van der Waals surface area contributed by atoms with Gasteiger partial charge in [0.2, 0.25) is 5.13 Å². The number of rotatable bonds is 16. The Kier molecular flexibility index (Phi) is 13.1. The number of aryl methyl sites for hydroxylation is 1. The van der Waals surface area contributed by atoms with Crippen LogP contribution >= 0.6 is 11.3 Å². The number of hydrogen-bond donors (Lipinski definition) is 0. The van der Waals surface area contributed by atoms with Crippen LogP contribution in [0.25, 0.3) is 10.2 Å². The molecule has 262 valence electrons. The Hall–Kier alpha value is -5.03.